The molecule has 2 rings (SSSR count). The quantitative estimate of drug-likeness (QED) is 0.604. The van der Waals surface area contributed by atoms with Gasteiger partial charge in [-0.05, 0) is 24.6 Å². The highest BCUT2D eigenvalue weighted by Gasteiger charge is 2.21. The number of benzene rings is 1. The number of hydrogen-bond donors (Lipinski definition) is 3. The molecule has 1 aromatic carbocycles. The van der Waals surface area contributed by atoms with E-state index in [1.165, 1.54) is 18.2 Å². The van der Waals surface area contributed by atoms with Crippen molar-refractivity contribution < 1.29 is 12.8 Å². The molecule has 1 aliphatic heterocycles. The van der Waals surface area contributed by atoms with Crippen LogP contribution < -0.4 is 15.9 Å². The number of nitrogens with two attached hydrogens (primary N) is 1. The third-order valence-corrected chi connectivity index (χ3v) is 4.55. The number of hydrazone groups is 1. The Labute approximate surface area is 139 Å². The Morgan fingerprint density at radius 1 is 1.33 bits per heavy atom. The van der Waals surface area contributed by atoms with Gasteiger partial charge in [0.1, 0.15) is 11.5 Å². The average Bonchev–Trinajstić information content (AvgIpc) is 2.89. The number of halogens is 1. The molecule has 10 heteroatoms. The van der Waals surface area contributed by atoms with E-state index in [1.807, 2.05) is 6.92 Å². The third-order valence-electron chi connectivity index (χ3n) is 3.14. The van der Waals surface area contributed by atoms with Crippen molar-refractivity contribution in [2.24, 2.45) is 21.0 Å². The maximum atomic E-state index is 13.1. The number of unbranched alkanes of at least 4 members (excludes halogenated alkanes) is 1. The van der Waals surface area contributed by atoms with Crippen LogP contribution in [0.15, 0.2) is 39.6 Å². The van der Waals surface area contributed by atoms with Gasteiger partial charge in [0.15, 0.2) is 11.5 Å². The van der Waals surface area contributed by atoms with E-state index >= 15 is 0 Å². The van der Waals surface area contributed by atoms with Gasteiger partial charge in [0.05, 0.1) is 18.0 Å². The molecule has 0 saturated heterocycles. The monoisotopic (exact) mass is 354 g/mol. The minimum atomic E-state index is -3.39. The highest BCUT2D eigenvalue weighted by atomic mass is 32.2. The molecule has 0 aromatic heterocycles. The highest BCUT2D eigenvalue weighted by Crippen LogP contribution is 2.09. The average molecular weight is 354 g/mol. The van der Waals surface area contributed by atoms with Crippen molar-refractivity contribution in [2.75, 3.05) is 17.7 Å². The summed E-state index contributed by atoms with van der Waals surface area (Å²) in [5.41, 5.74) is 9.27. The summed E-state index contributed by atoms with van der Waals surface area (Å²) in [7, 11) is -3.39. The molecule has 8 nitrogen and oxygen atoms in total. The highest BCUT2D eigenvalue weighted by molar-refractivity contribution is 7.89. The van der Waals surface area contributed by atoms with Crippen LogP contribution in [0.25, 0.3) is 0 Å². The number of anilines is 1. The van der Waals surface area contributed by atoms with Crippen LogP contribution in [0.5, 0.6) is 0 Å². The predicted molar refractivity (Wildman–Crippen MR) is 93.2 cm³/mol. The van der Waals surface area contributed by atoms with Crippen molar-refractivity contribution in [3.63, 3.8) is 0 Å². The smallest absolute Gasteiger partial charge is 0.211 e. The minimum Gasteiger partial charge on any atom is -0.380 e. The van der Waals surface area contributed by atoms with Crippen LogP contribution in [0, 0.1) is 5.82 Å². The van der Waals surface area contributed by atoms with Gasteiger partial charge in [0.25, 0.3) is 0 Å². The second kappa shape index (κ2) is 7.97. The summed E-state index contributed by atoms with van der Waals surface area (Å²) < 4.78 is 39.2. The SMILES string of the molecule is CCCCS(=O)(=O)NCC1=NN=C(N)C1=NNc1cccc(F)c1. The number of sulfonamides is 1. The maximum Gasteiger partial charge on any atom is 0.211 e. The van der Waals surface area contributed by atoms with Gasteiger partial charge in [-0.1, -0.05) is 19.4 Å². The number of amidine groups is 1. The zero-order valence-electron chi connectivity index (χ0n) is 13.2. The molecule has 1 heterocycles. The molecular weight excluding hydrogens is 335 g/mol. The first-order valence-corrected chi connectivity index (χ1v) is 9.04. The Balaban J connectivity index is 2.02. The molecule has 4 N–H and O–H groups in total. The number of rotatable bonds is 8. The Hall–Kier alpha value is -2.33. The van der Waals surface area contributed by atoms with Gasteiger partial charge >= 0.3 is 0 Å². The zero-order chi connectivity index (χ0) is 17.6. The third kappa shape index (κ3) is 5.10. The lowest BCUT2D eigenvalue weighted by Gasteiger charge is -2.07. The van der Waals surface area contributed by atoms with E-state index in [9.17, 15) is 12.8 Å². The molecule has 0 atom stereocenters. The van der Waals surface area contributed by atoms with Crippen molar-refractivity contribution in [1.29, 1.82) is 0 Å². The summed E-state index contributed by atoms with van der Waals surface area (Å²) in [6, 6.07) is 5.72. The van der Waals surface area contributed by atoms with Gasteiger partial charge < -0.3 is 5.73 Å². The largest absolute Gasteiger partial charge is 0.380 e. The summed E-state index contributed by atoms with van der Waals surface area (Å²) in [4.78, 5) is 0. The minimum absolute atomic E-state index is 0.0428. The maximum absolute atomic E-state index is 13.1. The first-order valence-electron chi connectivity index (χ1n) is 7.38. The lowest BCUT2D eigenvalue weighted by Crippen LogP contribution is -2.37. The van der Waals surface area contributed by atoms with Crippen molar-refractivity contribution in [1.82, 2.24) is 4.72 Å². The van der Waals surface area contributed by atoms with E-state index < -0.39 is 15.8 Å². The van der Waals surface area contributed by atoms with E-state index in [0.29, 0.717) is 12.1 Å². The van der Waals surface area contributed by atoms with E-state index in [1.54, 1.807) is 6.07 Å². The molecule has 0 bridgehead atoms. The van der Waals surface area contributed by atoms with E-state index in [0.717, 1.165) is 6.42 Å². The first kappa shape index (κ1) is 18.0. The fraction of sp³-hybridized carbons (Fsp3) is 0.357. The van der Waals surface area contributed by atoms with Crippen molar-refractivity contribution in [3.8, 4) is 0 Å². The molecule has 0 saturated carbocycles. The van der Waals surface area contributed by atoms with Gasteiger partial charge in [0, 0.05) is 0 Å². The van der Waals surface area contributed by atoms with E-state index in [2.05, 4.69) is 25.5 Å². The second-order valence-electron chi connectivity index (χ2n) is 5.11. The summed E-state index contributed by atoms with van der Waals surface area (Å²) in [5.74, 6) is -0.311. The molecule has 24 heavy (non-hydrogen) atoms. The molecule has 130 valence electrons. The molecular formula is C14H19FN6O2S. The van der Waals surface area contributed by atoms with Crippen molar-refractivity contribution in [2.45, 2.75) is 19.8 Å². The van der Waals surface area contributed by atoms with Gasteiger partial charge in [-0.2, -0.15) is 5.10 Å². The van der Waals surface area contributed by atoms with Crippen molar-refractivity contribution >= 4 is 33.0 Å². The van der Waals surface area contributed by atoms with Gasteiger partial charge in [-0.3, -0.25) is 5.43 Å². The van der Waals surface area contributed by atoms with Gasteiger partial charge in [-0.25, -0.2) is 17.5 Å². The van der Waals surface area contributed by atoms with E-state index in [-0.39, 0.29) is 29.6 Å². The Bertz CT molecular complexity index is 788. The van der Waals surface area contributed by atoms with Crippen LogP contribution >= 0.6 is 0 Å². The second-order valence-corrected chi connectivity index (χ2v) is 7.03. The molecule has 1 aliphatic rings. The van der Waals surface area contributed by atoms with Crippen LogP contribution in [0.3, 0.4) is 0 Å². The summed E-state index contributed by atoms with van der Waals surface area (Å²) in [6.45, 7) is 1.84. The molecule has 0 aliphatic carbocycles. The van der Waals surface area contributed by atoms with E-state index in [4.69, 9.17) is 5.73 Å². The summed E-state index contributed by atoms with van der Waals surface area (Å²) in [6.07, 6.45) is 1.35. The number of hydrogen-bond acceptors (Lipinski definition) is 7. The molecule has 0 amide bonds. The molecule has 0 radical (unpaired) electrons. The Kier molecular flexibility index (Phi) is 5.99. The molecule has 0 fully saturated rings. The first-order chi connectivity index (χ1) is 11.4. The lowest BCUT2D eigenvalue weighted by molar-refractivity contribution is 0.583. The van der Waals surface area contributed by atoms with Crippen LogP contribution in [0.1, 0.15) is 19.8 Å². The van der Waals surface area contributed by atoms with Gasteiger partial charge in [0.2, 0.25) is 10.0 Å². The lowest BCUT2D eigenvalue weighted by atomic mass is 10.2. The van der Waals surface area contributed by atoms with Crippen molar-refractivity contribution in [3.05, 3.63) is 30.1 Å². The fourth-order valence-corrected chi connectivity index (χ4v) is 3.03. The van der Waals surface area contributed by atoms with Crippen LogP contribution in [-0.2, 0) is 10.0 Å². The van der Waals surface area contributed by atoms with Crippen LogP contribution in [-0.4, -0.2) is 38.0 Å². The standard InChI is InChI=1S/C14H19FN6O2S/c1-2-3-7-24(22,23)17-9-12-13(14(16)21-19-12)20-18-11-6-4-5-10(15)8-11/h4-6,8,17-18H,2-3,7,9H2,1H3,(H2,16,20,21). The normalized spacial score (nSPS) is 16.2. The van der Waals surface area contributed by atoms with Crippen LogP contribution in [0.2, 0.25) is 0 Å². The molecule has 0 spiro atoms. The van der Waals surface area contributed by atoms with Crippen LogP contribution in [0.4, 0.5) is 10.1 Å². The molecule has 0 unspecified atom stereocenters. The summed E-state index contributed by atoms with van der Waals surface area (Å²) >= 11 is 0. The zero-order valence-corrected chi connectivity index (χ0v) is 14.0. The number of nitrogens with zero attached hydrogens (tertiary/aromatic N) is 3. The predicted octanol–water partition coefficient (Wildman–Crippen LogP) is 1.04. The Morgan fingerprint density at radius 2 is 2.12 bits per heavy atom. The summed E-state index contributed by atoms with van der Waals surface area (Å²) in [5, 5.41) is 11.6. The molecule has 1 aromatic rings. The Morgan fingerprint density at radius 3 is 2.83 bits per heavy atom. The topological polar surface area (TPSA) is 121 Å². The number of nitrogens with one attached hydrogen (secondary N) is 2. The fourth-order valence-electron chi connectivity index (χ4n) is 1.86. The van der Waals surface area contributed by atoms with Gasteiger partial charge in [-0.15, -0.1) is 10.2 Å².